The van der Waals surface area contributed by atoms with Gasteiger partial charge in [-0.25, -0.2) is 4.79 Å². The monoisotopic (exact) mass is 487 g/mol. The molecule has 2 rings (SSSR count). The van der Waals surface area contributed by atoms with E-state index in [1.165, 1.54) is 38.5 Å². The van der Waals surface area contributed by atoms with Crippen LogP contribution in [0.4, 0.5) is 0 Å². The van der Waals surface area contributed by atoms with Gasteiger partial charge < -0.3 is 5.11 Å². The van der Waals surface area contributed by atoms with Crippen LogP contribution in [-0.2, 0) is 22.7 Å². The largest absolute Gasteiger partial charge is 0.479 e. The highest BCUT2D eigenvalue weighted by Crippen LogP contribution is 2.13. The fourth-order valence-corrected chi connectivity index (χ4v) is 3.70. The molecule has 0 aliphatic rings. The number of nitrogens with zero attached hydrogens (tertiary/aromatic N) is 1. The summed E-state index contributed by atoms with van der Waals surface area (Å²) in [5.74, 6) is 12.0. The van der Waals surface area contributed by atoms with Crippen LogP contribution in [0.25, 0.3) is 0 Å². The first-order valence-corrected chi connectivity index (χ1v) is 13.4. The van der Waals surface area contributed by atoms with Crippen LogP contribution in [0.1, 0.15) is 100 Å². The number of carboxylic acids is 1. The topological polar surface area (TPSA) is 49.8 Å². The van der Waals surface area contributed by atoms with E-state index in [1.807, 2.05) is 48.5 Å². The molecular formula is C32H41NO3. The first-order valence-electron chi connectivity index (χ1n) is 13.4. The van der Waals surface area contributed by atoms with Gasteiger partial charge in [0.2, 0.25) is 0 Å². The summed E-state index contributed by atoms with van der Waals surface area (Å²) in [5, 5.41) is 10.8. The van der Waals surface area contributed by atoms with Gasteiger partial charge in [0.1, 0.15) is 0 Å². The van der Waals surface area contributed by atoms with Crippen LogP contribution in [0.15, 0.2) is 48.5 Å². The van der Waals surface area contributed by atoms with E-state index < -0.39 is 5.97 Å². The Hall–Kier alpha value is -3.05. The highest BCUT2D eigenvalue weighted by molar-refractivity contribution is 5.67. The molecule has 4 heteroatoms. The lowest BCUT2D eigenvalue weighted by atomic mass is 10.1. The highest BCUT2D eigenvalue weighted by Gasteiger charge is 2.10. The number of unbranched alkanes of at least 4 members (excludes halogenated alkanes) is 8. The number of hydrogen-bond donors (Lipinski definition) is 1. The lowest BCUT2D eigenvalue weighted by Crippen LogP contribution is -2.26. The van der Waals surface area contributed by atoms with Gasteiger partial charge in [-0.05, 0) is 48.2 Å². The molecule has 0 saturated carbocycles. The fraction of sp³-hybridized carbons (Fsp3) is 0.469. The van der Waals surface area contributed by atoms with Crippen LogP contribution in [0.3, 0.4) is 0 Å². The Kier molecular flexibility index (Phi) is 14.8. The van der Waals surface area contributed by atoms with Crippen LogP contribution in [0.2, 0.25) is 0 Å². The van der Waals surface area contributed by atoms with Crippen molar-refractivity contribution in [3.63, 3.8) is 0 Å². The number of hydroxylamine groups is 2. The Morgan fingerprint density at radius 3 is 1.56 bits per heavy atom. The lowest BCUT2D eigenvalue weighted by molar-refractivity contribution is -0.190. The molecule has 4 nitrogen and oxygen atoms in total. The van der Waals surface area contributed by atoms with Crippen LogP contribution in [-0.4, -0.2) is 22.7 Å². The van der Waals surface area contributed by atoms with Crippen molar-refractivity contribution in [2.75, 3.05) is 6.61 Å². The molecule has 0 aliphatic carbocycles. The van der Waals surface area contributed by atoms with Crippen LogP contribution in [0, 0.1) is 23.7 Å². The summed E-state index contributed by atoms with van der Waals surface area (Å²) in [4.78, 5) is 16.7. The van der Waals surface area contributed by atoms with E-state index in [0.717, 1.165) is 47.9 Å². The minimum absolute atomic E-state index is 0.372. The minimum Gasteiger partial charge on any atom is -0.479 e. The zero-order valence-electron chi connectivity index (χ0n) is 22.0. The molecule has 0 aromatic heterocycles. The SMILES string of the molecule is CCCCCCC#Cc1ccc(CN(Cc2ccc(C#CCCCCCC)cc2)OCC(=O)O)cc1. The Morgan fingerprint density at radius 2 is 1.17 bits per heavy atom. The zero-order chi connectivity index (χ0) is 25.8. The minimum atomic E-state index is -0.992. The molecule has 2 aromatic rings. The highest BCUT2D eigenvalue weighted by atomic mass is 16.7. The second-order valence-corrected chi connectivity index (χ2v) is 9.08. The van der Waals surface area contributed by atoms with Crippen molar-refractivity contribution in [3.05, 3.63) is 70.8 Å². The summed E-state index contributed by atoms with van der Waals surface area (Å²) in [6.45, 7) is 5.02. The molecule has 0 unspecified atom stereocenters. The van der Waals surface area contributed by atoms with Crippen LogP contribution in [0.5, 0.6) is 0 Å². The Balaban J connectivity index is 1.92. The van der Waals surface area contributed by atoms with E-state index in [2.05, 4.69) is 37.5 Å². The molecule has 0 fully saturated rings. The average Bonchev–Trinajstić information content (AvgIpc) is 2.88. The third kappa shape index (κ3) is 13.1. The van der Waals surface area contributed by atoms with Crippen molar-refractivity contribution in [3.8, 4) is 23.7 Å². The molecular weight excluding hydrogens is 446 g/mol. The number of rotatable bonds is 15. The average molecular weight is 488 g/mol. The van der Waals surface area contributed by atoms with E-state index in [9.17, 15) is 4.79 Å². The van der Waals surface area contributed by atoms with Gasteiger partial charge in [-0.3, -0.25) is 4.84 Å². The van der Waals surface area contributed by atoms with Gasteiger partial charge in [0.25, 0.3) is 0 Å². The second kappa shape index (κ2) is 18.3. The molecule has 0 spiro atoms. The molecule has 0 saturated heterocycles. The molecule has 0 heterocycles. The van der Waals surface area contributed by atoms with Crippen molar-refractivity contribution in [2.24, 2.45) is 0 Å². The summed E-state index contributed by atoms with van der Waals surface area (Å²) >= 11 is 0. The molecule has 36 heavy (non-hydrogen) atoms. The summed E-state index contributed by atoms with van der Waals surface area (Å²) in [7, 11) is 0. The van der Waals surface area contributed by atoms with Gasteiger partial charge in [0.15, 0.2) is 6.61 Å². The molecule has 1 N–H and O–H groups in total. The van der Waals surface area contributed by atoms with Crippen LogP contribution >= 0.6 is 0 Å². The summed E-state index contributed by atoms with van der Waals surface area (Å²) < 4.78 is 0. The number of hydrogen-bond acceptors (Lipinski definition) is 3. The first-order chi connectivity index (χ1) is 17.6. The second-order valence-electron chi connectivity index (χ2n) is 9.08. The van der Waals surface area contributed by atoms with E-state index in [-0.39, 0.29) is 6.61 Å². The molecule has 2 aromatic carbocycles. The van der Waals surface area contributed by atoms with Gasteiger partial charge in [0.05, 0.1) is 0 Å². The van der Waals surface area contributed by atoms with Gasteiger partial charge in [-0.15, -0.1) is 0 Å². The fourth-order valence-electron chi connectivity index (χ4n) is 3.70. The maximum atomic E-state index is 11.1. The summed E-state index contributed by atoms with van der Waals surface area (Å²) in [6, 6.07) is 16.2. The quantitative estimate of drug-likeness (QED) is 0.162. The number of aliphatic carboxylic acids is 1. The number of carbonyl (C=O) groups is 1. The van der Waals surface area contributed by atoms with Crippen molar-refractivity contribution < 1.29 is 14.7 Å². The lowest BCUT2D eigenvalue weighted by Gasteiger charge is -2.21. The molecule has 0 bridgehead atoms. The van der Waals surface area contributed by atoms with Crippen molar-refractivity contribution in [1.82, 2.24) is 5.06 Å². The van der Waals surface area contributed by atoms with Gasteiger partial charge in [-0.2, -0.15) is 5.06 Å². The Labute approximate surface area is 218 Å². The molecule has 0 aliphatic heterocycles. The maximum absolute atomic E-state index is 11.1. The van der Waals surface area contributed by atoms with Crippen LogP contribution < -0.4 is 0 Å². The third-order valence-electron chi connectivity index (χ3n) is 5.77. The van der Waals surface area contributed by atoms with E-state index >= 15 is 0 Å². The predicted molar refractivity (Wildman–Crippen MR) is 147 cm³/mol. The van der Waals surface area contributed by atoms with Crippen molar-refractivity contribution in [1.29, 1.82) is 0 Å². The maximum Gasteiger partial charge on any atom is 0.331 e. The standard InChI is InChI=1S/C32H41NO3/c1-3-5-7-9-11-13-15-28-17-21-30(22-18-28)25-33(36-27-32(34)35)26-31-23-19-29(20-24-31)16-14-12-10-8-6-4-2/h17-24H,3-12,25-27H2,1-2H3,(H,34,35). The Bertz CT molecular complexity index is 928. The molecule has 192 valence electrons. The van der Waals surface area contributed by atoms with Gasteiger partial charge >= 0.3 is 5.97 Å². The van der Waals surface area contributed by atoms with E-state index in [4.69, 9.17) is 9.94 Å². The van der Waals surface area contributed by atoms with Gasteiger partial charge in [0, 0.05) is 37.1 Å². The summed E-state index contributed by atoms with van der Waals surface area (Å²) in [6.07, 6.45) is 11.7. The number of benzene rings is 2. The van der Waals surface area contributed by atoms with E-state index in [0.29, 0.717) is 13.1 Å². The number of carboxylic acid groups (broad SMARTS) is 1. The molecule has 0 atom stereocenters. The summed E-state index contributed by atoms with van der Waals surface area (Å²) in [5.41, 5.74) is 4.07. The van der Waals surface area contributed by atoms with Crippen molar-refractivity contribution in [2.45, 2.75) is 91.1 Å². The smallest absolute Gasteiger partial charge is 0.331 e. The predicted octanol–water partition coefficient (Wildman–Crippen LogP) is 7.35. The first kappa shape index (κ1) is 29.2. The third-order valence-corrected chi connectivity index (χ3v) is 5.77. The van der Waals surface area contributed by atoms with Gasteiger partial charge in [-0.1, -0.05) is 100 Å². The zero-order valence-corrected chi connectivity index (χ0v) is 22.0. The molecule has 0 amide bonds. The van der Waals surface area contributed by atoms with E-state index in [1.54, 1.807) is 5.06 Å². The Morgan fingerprint density at radius 1 is 0.722 bits per heavy atom. The molecule has 0 radical (unpaired) electrons. The van der Waals surface area contributed by atoms with Crippen molar-refractivity contribution >= 4 is 5.97 Å². The normalized spacial score (nSPS) is 10.4.